The van der Waals surface area contributed by atoms with Gasteiger partial charge in [0.2, 0.25) is 0 Å². The Hall–Kier alpha value is -1.00. The monoisotopic (exact) mass is 318 g/mol. The SMILES string of the molecule is C=C(C(=O)OC(C)(CCCC)C1CC2CCC1C2)C(F)(F)F. The van der Waals surface area contributed by atoms with E-state index in [9.17, 15) is 18.0 Å². The highest BCUT2D eigenvalue weighted by atomic mass is 19.4. The fourth-order valence-corrected chi connectivity index (χ4v) is 4.22. The highest BCUT2D eigenvalue weighted by molar-refractivity contribution is 5.89. The van der Waals surface area contributed by atoms with Gasteiger partial charge in [0, 0.05) is 5.92 Å². The first kappa shape index (κ1) is 17.4. The number of unbranched alkanes of at least 4 members (excludes halogenated alkanes) is 1. The first-order valence-corrected chi connectivity index (χ1v) is 8.17. The Bertz CT molecular complexity index is 444. The van der Waals surface area contributed by atoms with Gasteiger partial charge in [0.05, 0.1) is 0 Å². The second-order valence-corrected chi connectivity index (χ2v) is 7.06. The molecule has 0 N–H and O–H groups in total. The van der Waals surface area contributed by atoms with Crippen LogP contribution < -0.4 is 0 Å². The van der Waals surface area contributed by atoms with Crippen molar-refractivity contribution in [2.75, 3.05) is 0 Å². The summed E-state index contributed by atoms with van der Waals surface area (Å²) in [6, 6.07) is 0. The molecule has 0 heterocycles. The summed E-state index contributed by atoms with van der Waals surface area (Å²) < 4.78 is 43.4. The number of hydrogen-bond acceptors (Lipinski definition) is 2. The summed E-state index contributed by atoms with van der Waals surface area (Å²) in [4.78, 5) is 11.9. The van der Waals surface area contributed by atoms with Crippen molar-refractivity contribution in [1.29, 1.82) is 0 Å². The molecule has 0 aliphatic heterocycles. The van der Waals surface area contributed by atoms with Crippen LogP contribution in [0.25, 0.3) is 0 Å². The highest BCUT2D eigenvalue weighted by Gasteiger charge is 2.51. The summed E-state index contributed by atoms with van der Waals surface area (Å²) in [5.41, 5.74) is -2.21. The standard InChI is InChI=1S/C17H25F3O2/c1-4-5-8-16(3,14-10-12-6-7-13(14)9-12)22-15(21)11(2)17(18,19)20/h12-14H,2,4-10H2,1,3H3. The third-order valence-corrected chi connectivity index (χ3v) is 5.46. The van der Waals surface area contributed by atoms with Crippen molar-refractivity contribution in [2.24, 2.45) is 17.8 Å². The number of halogens is 3. The van der Waals surface area contributed by atoms with Crippen LogP contribution in [0.5, 0.6) is 0 Å². The molecule has 22 heavy (non-hydrogen) atoms. The number of carbonyl (C=O) groups excluding carboxylic acids is 1. The molecule has 2 rings (SSSR count). The first-order chi connectivity index (χ1) is 10.2. The smallest absolute Gasteiger partial charge is 0.422 e. The highest BCUT2D eigenvalue weighted by Crippen LogP contribution is 2.54. The van der Waals surface area contributed by atoms with Crippen LogP contribution in [0.2, 0.25) is 0 Å². The number of alkyl halides is 3. The molecule has 0 spiro atoms. The van der Waals surface area contributed by atoms with E-state index in [2.05, 4.69) is 6.58 Å². The molecular weight excluding hydrogens is 293 g/mol. The molecule has 0 aromatic rings. The van der Waals surface area contributed by atoms with Gasteiger partial charge < -0.3 is 4.74 Å². The van der Waals surface area contributed by atoms with Gasteiger partial charge in [-0.25, -0.2) is 4.79 Å². The van der Waals surface area contributed by atoms with E-state index in [0.717, 1.165) is 32.1 Å². The summed E-state index contributed by atoms with van der Waals surface area (Å²) in [6.07, 6.45) is 2.07. The maximum atomic E-state index is 12.7. The van der Waals surface area contributed by atoms with Gasteiger partial charge in [-0.2, -0.15) is 13.2 Å². The van der Waals surface area contributed by atoms with Crippen molar-refractivity contribution < 1.29 is 22.7 Å². The van der Waals surface area contributed by atoms with E-state index >= 15 is 0 Å². The number of carbonyl (C=O) groups is 1. The fourth-order valence-electron chi connectivity index (χ4n) is 4.22. The average molecular weight is 318 g/mol. The van der Waals surface area contributed by atoms with Crippen molar-refractivity contribution in [3.8, 4) is 0 Å². The topological polar surface area (TPSA) is 26.3 Å². The number of ether oxygens (including phenoxy) is 1. The Kier molecular flexibility index (Phi) is 4.93. The van der Waals surface area contributed by atoms with Crippen molar-refractivity contribution in [3.05, 3.63) is 12.2 Å². The molecule has 0 saturated heterocycles. The molecule has 2 aliphatic rings. The second-order valence-electron chi connectivity index (χ2n) is 7.06. The molecule has 2 bridgehead atoms. The maximum absolute atomic E-state index is 12.7. The molecule has 2 fully saturated rings. The predicted octanol–water partition coefficient (Wildman–Crippen LogP) is 5.03. The molecule has 2 aliphatic carbocycles. The average Bonchev–Trinajstić information content (AvgIpc) is 3.06. The summed E-state index contributed by atoms with van der Waals surface area (Å²) in [5, 5.41) is 0. The van der Waals surface area contributed by atoms with Crippen LogP contribution in [-0.2, 0) is 9.53 Å². The van der Waals surface area contributed by atoms with Gasteiger partial charge in [-0.1, -0.05) is 26.3 Å². The van der Waals surface area contributed by atoms with Crippen LogP contribution in [0.3, 0.4) is 0 Å². The van der Waals surface area contributed by atoms with Crippen molar-refractivity contribution in [3.63, 3.8) is 0 Å². The number of fused-ring (bicyclic) bond motifs is 2. The van der Waals surface area contributed by atoms with Crippen LogP contribution in [0.4, 0.5) is 13.2 Å². The van der Waals surface area contributed by atoms with E-state index in [4.69, 9.17) is 4.74 Å². The molecular formula is C17H25F3O2. The van der Waals surface area contributed by atoms with Crippen molar-refractivity contribution in [1.82, 2.24) is 0 Å². The Morgan fingerprint density at radius 1 is 1.27 bits per heavy atom. The molecule has 0 aromatic heterocycles. The maximum Gasteiger partial charge on any atom is 0.422 e. The van der Waals surface area contributed by atoms with Gasteiger partial charge >= 0.3 is 12.1 Å². The van der Waals surface area contributed by atoms with Crippen molar-refractivity contribution in [2.45, 2.75) is 70.6 Å². The Labute approximate surface area is 130 Å². The minimum absolute atomic E-state index is 0.183. The molecule has 126 valence electrons. The Balaban J connectivity index is 2.12. The van der Waals surface area contributed by atoms with Crippen LogP contribution >= 0.6 is 0 Å². The van der Waals surface area contributed by atoms with Crippen LogP contribution in [0.1, 0.15) is 58.8 Å². The summed E-state index contributed by atoms with van der Waals surface area (Å²) in [6.45, 7) is 6.71. The van der Waals surface area contributed by atoms with Gasteiger partial charge in [-0.05, 0) is 50.9 Å². The largest absolute Gasteiger partial charge is 0.455 e. The molecule has 0 radical (unpaired) electrons. The normalized spacial score (nSPS) is 30.1. The number of hydrogen-bond donors (Lipinski definition) is 0. The van der Waals surface area contributed by atoms with E-state index in [1.807, 2.05) is 13.8 Å². The van der Waals surface area contributed by atoms with Gasteiger partial charge in [0.15, 0.2) is 0 Å². The zero-order valence-corrected chi connectivity index (χ0v) is 13.3. The number of rotatable bonds is 6. The van der Waals surface area contributed by atoms with Crippen LogP contribution in [-0.4, -0.2) is 17.7 Å². The van der Waals surface area contributed by atoms with E-state index < -0.39 is 23.3 Å². The van der Waals surface area contributed by atoms with E-state index in [0.29, 0.717) is 18.3 Å². The van der Waals surface area contributed by atoms with Gasteiger partial charge in [0.1, 0.15) is 11.2 Å². The van der Waals surface area contributed by atoms with Crippen molar-refractivity contribution >= 4 is 5.97 Å². The lowest BCUT2D eigenvalue weighted by molar-refractivity contribution is -0.172. The molecule has 4 atom stereocenters. The fraction of sp³-hybridized carbons (Fsp3) is 0.824. The molecule has 4 unspecified atom stereocenters. The van der Waals surface area contributed by atoms with Crippen LogP contribution in [0.15, 0.2) is 12.2 Å². The Morgan fingerprint density at radius 2 is 1.95 bits per heavy atom. The van der Waals surface area contributed by atoms with Gasteiger partial charge in [-0.15, -0.1) is 0 Å². The van der Waals surface area contributed by atoms with Crippen LogP contribution in [0, 0.1) is 17.8 Å². The first-order valence-electron chi connectivity index (χ1n) is 8.17. The quantitative estimate of drug-likeness (QED) is 0.507. The zero-order valence-electron chi connectivity index (χ0n) is 13.3. The lowest BCUT2D eigenvalue weighted by atomic mass is 9.74. The second kappa shape index (κ2) is 6.25. The lowest BCUT2D eigenvalue weighted by Crippen LogP contribution is -2.43. The van der Waals surface area contributed by atoms with Gasteiger partial charge in [0.25, 0.3) is 0 Å². The predicted molar refractivity (Wildman–Crippen MR) is 78.2 cm³/mol. The van der Waals surface area contributed by atoms with E-state index in [1.54, 1.807) is 0 Å². The zero-order chi connectivity index (χ0) is 16.5. The minimum atomic E-state index is -4.72. The molecule has 0 aromatic carbocycles. The molecule has 0 amide bonds. The summed E-state index contributed by atoms with van der Waals surface area (Å²) >= 11 is 0. The third kappa shape index (κ3) is 3.49. The Morgan fingerprint density at radius 3 is 2.41 bits per heavy atom. The van der Waals surface area contributed by atoms with Gasteiger partial charge in [-0.3, -0.25) is 0 Å². The van der Waals surface area contributed by atoms with E-state index in [1.165, 1.54) is 6.42 Å². The number of esters is 1. The summed E-state index contributed by atoms with van der Waals surface area (Å²) in [7, 11) is 0. The molecule has 5 heteroatoms. The minimum Gasteiger partial charge on any atom is -0.455 e. The third-order valence-electron chi connectivity index (χ3n) is 5.46. The molecule has 2 nitrogen and oxygen atoms in total. The summed E-state index contributed by atoms with van der Waals surface area (Å²) in [5.74, 6) is 0.0101. The lowest BCUT2D eigenvalue weighted by Gasteiger charge is -2.40. The molecule has 2 saturated carbocycles. The van der Waals surface area contributed by atoms with E-state index in [-0.39, 0.29) is 5.92 Å².